The highest BCUT2D eigenvalue weighted by Crippen LogP contribution is 2.41. The molecular weight excluding hydrogens is 446 g/mol. The van der Waals surface area contributed by atoms with E-state index < -0.39 is 27.3 Å². The van der Waals surface area contributed by atoms with Gasteiger partial charge in [-0.15, -0.1) is 0 Å². The monoisotopic (exact) mass is 471 g/mol. The van der Waals surface area contributed by atoms with E-state index >= 15 is 0 Å². The smallest absolute Gasteiger partial charge is 0.325 e. The Balaban J connectivity index is 1.41. The number of carbonyl (C=O) groups is 3. The summed E-state index contributed by atoms with van der Waals surface area (Å²) in [7, 11) is -3.08. The van der Waals surface area contributed by atoms with Crippen LogP contribution in [0.4, 0.5) is 4.79 Å². The summed E-state index contributed by atoms with van der Waals surface area (Å²) in [6.07, 6.45) is 0.785. The van der Waals surface area contributed by atoms with Crippen LogP contribution < -0.4 is 10.1 Å². The number of fused-ring (bicyclic) bond motifs is 2. The molecule has 9 nitrogen and oxygen atoms in total. The highest BCUT2D eigenvalue weighted by molar-refractivity contribution is 7.91. The zero-order valence-corrected chi connectivity index (χ0v) is 19.3. The predicted octanol–water partition coefficient (Wildman–Crippen LogP) is 1.88. The van der Waals surface area contributed by atoms with E-state index in [9.17, 15) is 22.8 Å². The van der Waals surface area contributed by atoms with Crippen molar-refractivity contribution in [2.75, 3.05) is 24.7 Å². The minimum Gasteiger partial charge on any atom is -0.493 e. The molecule has 5 rings (SSSR count). The van der Waals surface area contributed by atoms with E-state index in [0.29, 0.717) is 29.0 Å². The van der Waals surface area contributed by atoms with Gasteiger partial charge < -0.3 is 14.6 Å². The molecule has 3 aliphatic rings. The number of hydrogen-bond acceptors (Lipinski definition) is 6. The third-order valence-corrected chi connectivity index (χ3v) is 8.67. The summed E-state index contributed by atoms with van der Waals surface area (Å²) in [6.45, 7) is 3.49. The van der Waals surface area contributed by atoms with Gasteiger partial charge in [-0.1, -0.05) is 18.2 Å². The van der Waals surface area contributed by atoms with Crippen molar-refractivity contribution in [3.05, 3.63) is 52.8 Å². The van der Waals surface area contributed by atoms with E-state index in [1.807, 2.05) is 11.5 Å². The van der Waals surface area contributed by atoms with Gasteiger partial charge in [-0.05, 0) is 32.4 Å². The second-order valence-corrected chi connectivity index (χ2v) is 11.2. The second-order valence-electron chi connectivity index (χ2n) is 8.96. The Morgan fingerprint density at radius 3 is 2.73 bits per heavy atom. The van der Waals surface area contributed by atoms with Gasteiger partial charge in [-0.2, -0.15) is 0 Å². The number of aryl methyl sites for hydroxylation is 1. The van der Waals surface area contributed by atoms with Gasteiger partial charge in [-0.25, -0.2) is 13.2 Å². The van der Waals surface area contributed by atoms with Gasteiger partial charge >= 0.3 is 6.03 Å². The van der Waals surface area contributed by atoms with Crippen LogP contribution >= 0.6 is 0 Å². The van der Waals surface area contributed by atoms with Crippen molar-refractivity contribution < 1.29 is 27.5 Å². The molecule has 0 saturated carbocycles. The number of benzene rings is 1. The number of aromatic nitrogens is 1. The molecule has 1 spiro atoms. The maximum Gasteiger partial charge on any atom is 0.325 e. The van der Waals surface area contributed by atoms with Crippen LogP contribution in [0, 0.1) is 13.8 Å². The molecule has 2 aromatic rings. The summed E-state index contributed by atoms with van der Waals surface area (Å²) in [4.78, 5) is 40.4. The van der Waals surface area contributed by atoms with Gasteiger partial charge in [0.15, 0.2) is 21.2 Å². The number of imide groups is 1. The lowest BCUT2D eigenvalue weighted by Crippen LogP contribution is -2.47. The number of Topliss-reactive ketones (excluding diaryl/α,β-unsaturated/α-hetero) is 1. The number of urea groups is 1. The normalized spacial score (nSPS) is 25.8. The number of nitrogens with zero attached hydrogens (tertiary/aromatic N) is 2. The number of rotatable bonds is 4. The van der Waals surface area contributed by atoms with Gasteiger partial charge in [0.2, 0.25) is 0 Å². The predicted molar refractivity (Wildman–Crippen MR) is 119 cm³/mol. The molecule has 10 heteroatoms. The molecule has 0 radical (unpaired) electrons. The van der Waals surface area contributed by atoms with E-state index in [1.165, 1.54) is 0 Å². The van der Waals surface area contributed by atoms with Crippen molar-refractivity contribution in [3.63, 3.8) is 0 Å². The molecule has 2 unspecified atom stereocenters. The van der Waals surface area contributed by atoms with E-state index in [0.717, 1.165) is 10.6 Å². The minimum atomic E-state index is -3.08. The Morgan fingerprint density at radius 1 is 1.24 bits per heavy atom. The number of nitrogens with one attached hydrogen (secondary N) is 1. The Labute approximate surface area is 191 Å². The average Bonchev–Trinajstić information content (AvgIpc) is 3.35. The molecule has 1 aromatic heterocycles. The van der Waals surface area contributed by atoms with Crippen LogP contribution in [-0.2, 0) is 20.2 Å². The lowest BCUT2D eigenvalue weighted by atomic mass is 9.84. The van der Waals surface area contributed by atoms with Crippen LogP contribution in [0.1, 0.15) is 46.2 Å². The second kappa shape index (κ2) is 7.44. The number of sulfone groups is 1. The molecule has 2 saturated heterocycles. The molecule has 0 bridgehead atoms. The van der Waals surface area contributed by atoms with Crippen LogP contribution in [0.3, 0.4) is 0 Å². The molecule has 2 fully saturated rings. The number of amides is 3. The first-order valence-electron chi connectivity index (χ1n) is 10.9. The maximum absolute atomic E-state index is 13.4. The number of hydrogen-bond donors (Lipinski definition) is 1. The first kappa shape index (κ1) is 21.7. The average molecular weight is 472 g/mol. The minimum absolute atomic E-state index is 0.0496. The molecule has 1 N–H and O–H groups in total. The largest absolute Gasteiger partial charge is 0.493 e. The highest BCUT2D eigenvalue weighted by Gasteiger charge is 2.55. The van der Waals surface area contributed by atoms with Crippen LogP contribution in [-0.4, -0.2) is 60.3 Å². The highest BCUT2D eigenvalue weighted by atomic mass is 32.2. The lowest BCUT2D eigenvalue weighted by Gasteiger charge is -2.33. The van der Waals surface area contributed by atoms with Crippen molar-refractivity contribution in [1.29, 1.82) is 0 Å². The van der Waals surface area contributed by atoms with Crippen LogP contribution in [0.5, 0.6) is 5.75 Å². The Morgan fingerprint density at radius 2 is 2.00 bits per heavy atom. The van der Waals surface area contributed by atoms with Crippen LogP contribution in [0.15, 0.2) is 30.3 Å². The fourth-order valence-electron chi connectivity index (χ4n) is 5.34. The number of ether oxygens (including phenoxy) is 1. The molecule has 1 aromatic carbocycles. The summed E-state index contributed by atoms with van der Waals surface area (Å²) in [5.41, 5.74) is 1.18. The van der Waals surface area contributed by atoms with E-state index in [-0.39, 0.29) is 42.9 Å². The van der Waals surface area contributed by atoms with Crippen molar-refractivity contribution >= 4 is 27.6 Å². The van der Waals surface area contributed by atoms with Gasteiger partial charge in [-0.3, -0.25) is 14.5 Å². The first-order chi connectivity index (χ1) is 15.6. The van der Waals surface area contributed by atoms with Gasteiger partial charge in [0.1, 0.15) is 5.75 Å². The number of ketones is 1. The third kappa shape index (κ3) is 3.35. The third-order valence-electron chi connectivity index (χ3n) is 6.92. The van der Waals surface area contributed by atoms with E-state index in [2.05, 4.69) is 5.32 Å². The summed E-state index contributed by atoms with van der Waals surface area (Å²) >= 11 is 0. The van der Waals surface area contributed by atoms with Crippen LogP contribution in [0.2, 0.25) is 0 Å². The quantitative estimate of drug-likeness (QED) is 0.538. The zero-order valence-electron chi connectivity index (χ0n) is 18.5. The topological polar surface area (TPSA) is 115 Å². The molecule has 33 heavy (non-hydrogen) atoms. The fraction of sp³-hybridized carbons (Fsp3) is 0.435. The van der Waals surface area contributed by atoms with Crippen LogP contribution in [0.25, 0.3) is 0 Å². The fourth-order valence-corrected chi connectivity index (χ4v) is 7.04. The number of para-hydroxylation sites is 1. The molecule has 3 aliphatic heterocycles. The standard InChI is InChI=1S/C23H25N3O6S/c1-14-11-17(15(2)26(14)16-7-10-33(30,31)13-16)19(27)12-25-21(28)23(24-22(25)29)8-9-32-20-6-4-3-5-18(20)23/h3-6,11,16H,7-10,12-13H2,1-2H3,(H,24,29). The summed E-state index contributed by atoms with van der Waals surface area (Å²) in [6, 6.07) is 7.96. The van der Waals surface area contributed by atoms with E-state index in [4.69, 9.17) is 4.74 Å². The molecule has 4 heterocycles. The Bertz CT molecular complexity index is 1300. The summed E-state index contributed by atoms with van der Waals surface area (Å²) in [5.74, 6) is -0.106. The van der Waals surface area contributed by atoms with Gasteiger partial charge in [0, 0.05) is 35.0 Å². The van der Waals surface area contributed by atoms with Crippen molar-refractivity contribution in [3.8, 4) is 5.75 Å². The lowest BCUT2D eigenvalue weighted by molar-refractivity contribution is -0.132. The molecular formula is C23H25N3O6S. The zero-order chi connectivity index (χ0) is 23.5. The SMILES string of the molecule is Cc1cc(C(=O)CN2C(=O)NC3(CCOc4ccccc43)C2=O)c(C)n1C1CCS(=O)(=O)C1. The van der Waals surface area contributed by atoms with Gasteiger partial charge in [0.05, 0.1) is 24.7 Å². The molecule has 3 amide bonds. The Kier molecular flexibility index (Phi) is 4.89. The Hall–Kier alpha value is -3.14. The number of carbonyl (C=O) groups excluding carboxylic acids is 3. The summed E-state index contributed by atoms with van der Waals surface area (Å²) < 4.78 is 31.4. The van der Waals surface area contributed by atoms with Crippen molar-refractivity contribution in [1.82, 2.24) is 14.8 Å². The summed E-state index contributed by atoms with van der Waals surface area (Å²) in [5, 5.41) is 2.80. The molecule has 2 atom stereocenters. The van der Waals surface area contributed by atoms with E-state index in [1.54, 1.807) is 37.3 Å². The van der Waals surface area contributed by atoms with Crippen molar-refractivity contribution in [2.45, 2.75) is 38.3 Å². The maximum atomic E-state index is 13.4. The first-order valence-corrected chi connectivity index (χ1v) is 12.7. The van der Waals surface area contributed by atoms with Gasteiger partial charge in [0.25, 0.3) is 5.91 Å². The van der Waals surface area contributed by atoms with Crippen molar-refractivity contribution in [2.24, 2.45) is 0 Å². The molecule has 0 aliphatic carbocycles. The molecule has 174 valence electrons.